The van der Waals surface area contributed by atoms with E-state index in [-0.39, 0.29) is 17.8 Å². The summed E-state index contributed by atoms with van der Waals surface area (Å²) in [6.45, 7) is 6.50. The van der Waals surface area contributed by atoms with Crippen LogP contribution < -0.4 is 0 Å². The molecule has 2 fully saturated rings. The Labute approximate surface area is 129 Å². The molecule has 0 radical (unpaired) electrons. The summed E-state index contributed by atoms with van der Waals surface area (Å²) in [6.07, 6.45) is 1.92. The van der Waals surface area contributed by atoms with E-state index in [0.717, 1.165) is 17.3 Å². The fourth-order valence-corrected chi connectivity index (χ4v) is 4.32. The summed E-state index contributed by atoms with van der Waals surface area (Å²) in [5.74, 6) is 1.17. The molecular formula is C17H23BrO2. The molecule has 0 amide bonds. The molecule has 1 aromatic carbocycles. The molecule has 2 aliphatic rings. The van der Waals surface area contributed by atoms with Crippen molar-refractivity contribution >= 4 is 15.9 Å². The molecule has 3 heteroatoms. The van der Waals surface area contributed by atoms with Crippen LogP contribution in [0.25, 0.3) is 0 Å². The number of aliphatic hydroxyl groups is 1. The predicted molar refractivity (Wildman–Crippen MR) is 83.4 cm³/mol. The van der Waals surface area contributed by atoms with Crippen LogP contribution >= 0.6 is 15.9 Å². The highest BCUT2D eigenvalue weighted by atomic mass is 79.9. The van der Waals surface area contributed by atoms with E-state index < -0.39 is 0 Å². The largest absolute Gasteiger partial charge is 0.393 e. The molecule has 1 aliphatic carbocycles. The van der Waals surface area contributed by atoms with E-state index in [0.29, 0.717) is 17.8 Å². The Morgan fingerprint density at radius 2 is 2.05 bits per heavy atom. The Bertz CT molecular complexity index is 500. The Morgan fingerprint density at radius 3 is 2.75 bits per heavy atom. The van der Waals surface area contributed by atoms with Crippen molar-refractivity contribution in [3.8, 4) is 0 Å². The van der Waals surface area contributed by atoms with Crippen LogP contribution in [-0.4, -0.2) is 16.8 Å². The normalized spacial score (nSPS) is 39.5. The lowest BCUT2D eigenvalue weighted by atomic mass is 9.63. The van der Waals surface area contributed by atoms with Gasteiger partial charge in [-0.25, -0.2) is 0 Å². The molecule has 0 aromatic heterocycles. The van der Waals surface area contributed by atoms with Crippen LogP contribution in [0.2, 0.25) is 0 Å². The second-order valence-electron chi connectivity index (χ2n) is 6.96. The van der Waals surface area contributed by atoms with Crippen molar-refractivity contribution in [1.82, 2.24) is 0 Å². The third-order valence-corrected chi connectivity index (χ3v) is 5.84. The number of benzene rings is 1. The van der Waals surface area contributed by atoms with Gasteiger partial charge >= 0.3 is 0 Å². The van der Waals surface area contributed by atoms with Crippen molar-refractivity contribution in [3.05, 3.63) is 34.3 Å². The van der Waals surface area contributed by atoms with Crippen molar-refractivity contribution in [2.45, 2.75) is 51.4 Å². The van der Waals surface area contributed by atoms with Gasteiger partial charge in [-0.1, -0.05) is 35.0 Å². The molecule has 20 heavy (non-hydrogen) atoms. The van der Waals surface area contributed by atoms with Gasteiger partial charge in [-0.05, 0) is 62.1 Å². The van der Waals surface area contributed by atoms with Gasteiger partial charge in [0.05, 0.1) is 17.8 Å². The van der Waals surface area contributed by atoms with Gasteiger partial charge in [-0.2, -0.15) is 0 Å². The van der Waals surface area contributed by atoms with Gasteiger partial charge in [0.15, 0.2) is 0 Å². The standard InChI is InChI=1S/C17H23BrO2/c1-10-14-8-12(9-15(10)19)17(2,3)20-16(14)11-5-4-6-13(18)7-11/h4-7,10,12,14-16,19H,8-9H2,1-3H3/t10-,12-,14+,15-,16-/m0/s1. The second-order valence-corrected chi connectivity index (χ2v) is 7.87. The minimum Gasteiger partial charge on any atom is -0.393 e. The molecule has 2 nitrogen and oxygen atoms in total. The molecule has 1 saturated carbocycles. The minimum atomic E-state index is -0.198. The maximum atomic E-state index is 10.4. The topological polar surface area (TPSA) is 29.5 Å². The average molecular weight is 339 g/mol. The van der Waals surface area contributed by atoms with Gasteiger partial charge in [0.25, 0.3) is 0 Å². The Morgan fingerprint density at radius 1 is 1.30 bits per heavy atom. The van der Waals surface area contributed by atoms with E-state index in [2.05, 4.69) is 54.9 Å². The summed E-state index contributed by atoms with van der Waals surface area (Å²) >= 11 is 3.55. The van der Waals surface area contributed by atoms with E-state index in [1.54, 1.807) is 0 Å². The summed E-state index contributed by atoms with van der Waals surface area (Å²) in [6, 6.07) is 8.39. The van der Waals surface area contributed by atoms with Gasteiger partial charge in [0.1, 0.15) is 0 Å². The zero-order chi connectivity index (χ0) is 14.5. The first-order valence-electron chi connectivity index (χ1n) is 7.50. The molecule has 1 aliphatic heterocycles. The monoisotopic (exact) mass is 338 g/mol. The fourth-order valence-electron chi connectivity index (χ4n) is 3.91. The summed E-state index contributed by atoms with van der Waals surface area (Å²) in [5.41, 5.74) is 1.06. The van der Waals surface area contributed by atoms with Crippen molar-refractivity contribution in [2.24, 2.45) is 17.8 Å². The maximum absolute atomic E-state index is 10.4. The molecule has 1 heterocycles. The molecule has 0 unspecified atom stereocenters. The lowest BCUT2D eigenvalue weighted by molar-refractivity contribution is -0.215. The summed E-state index contributed by atoms with van der Waals surface area (Å²) in [4.78, 5) is 0. The zero-order valence-corrected chi connectivity index (χ0v) is 13.9. The minimum absolute atomic E-state index is 0.0868. The summed E-state index contributed by atoms with van der Waals surface area (Å²) < 4.78 is 7.55. The molecule has 1 saturated heterocycles. The highest BCUT2D eigenvalue weighted by Gasteiger charge is 2.50. The number of rotatable bonds is 1. The van der Waals surface area contributed by atoms with Gasteiger partial charge in [0, 0.05) is 4.47 Å². The van der Waals surface area contributed by atoms with Crippen LogP contribution in [0.4, 0.5) is 0 Å². The SMILES string of the molecule is C[C@H]1[C@H]2C[C@@H](C[C@@H]1O)C(C)(C)O[C@H]2c1cccc(Br)c1. The lowest BCUT2D eigenvalue weighted by Crippen LogP contribution is -2.52. The number of hydrogen-bond donors (Lipinski definition) is 1. The first-order chi connectivity index (χ1) is 9.38. The van der Waals surface area contributed by atoms with E-state index >= 15 is 0 Å². The number of fused-ring (bicyclic) bond motifs is 2. The van der Waals surface area contributed by atoms with Gasteiger partial charge < -0.3 is 9.84 Å². The summed E-state index contributed by atoms with van der Waals surface area (Å²) in [7, 11) is 0. The van der Waals surface area contributed by atoms with Crippen LogP contribution in [-0.2, 0) is 4.74 Å². The molecule has 1 aromatic rings. The Hall–Kier alpha value is -0.380. The number of aliphatic hydroxyl groups excluding tert-OH is 1. The molecule has 3 rings (SSSR count). The second kappa shape index (κ2) is 5.11. The average Bonchev–Trinajstić information content (AvgIpc) is 2.38. The van der Waals surface area contributed by atoms with E-state index in [9.17, 15) is 5.11 Å². The van der Waals surface area contributed by atoms with Crippen molar-refractivity contribution in [3.63, 3.8) is 0 Å². The smallest absolute Gasteiger partial charge is 0.0864 e. The maximum Gasteiger partial charge on any atom is 0.0864 e. The van der Waals surface area contributed by atoms with Crippen LogP contribution in [0.3, 0.4) is 0 Å². The third-order valence-electron chi connectivity index (χ3n) is 5.34. The zero-order valence-electron chi connectivity index (χ0n) is 12.3. The van der Waals surface area contributed by atoms with E-state index in [1.807, 2.05) is 6.07 Å². The van der Waals surface area contributed by atoms with Crippen LogP contribution in [0.15, 0.2) is 28.7 Å². The Balaban J connectivity index is 1.97. The summed E-state index contributed by atoms with van der Waals surface area (Å²) in [5, 5.41) is 10.4. The first kappa shape index (κ1) is 14.6. The number of halogens is 1. The lowest BCUT2D eigenvalue weighted by Gasteiger charge is -2.53. The molecule has 1 N–H and O–H groups in total. The predicted octanol–water partition coefficient (Wildman–Crippen LogP) is 4.32. The van der Waals surface area contributed by atoms with Crippen molar-refractivity contribution in [1.29, 1.82) is 0 Å². The molecular weight excluding hydrogens is 316 g/mol. The third kappa shape index (κ3) is 2.44. The molecule has 0 spiro atoms. The highest BCUT2D eigenvalue weighted by Crippen LogP contribution is 2.53. The van der Waals surface area contributed by atoms with Gasteiger partial charge in [-0.3, -0.25) is 0 Å². The van der Waals surface area contributed by atoms with Crippen LogP contribution in [0, 0.1) is 17.8 Å². The molecule has 110 valence electrons. The van der Waals surface area contributed by atoms with Crippen molar-refractivity contribution < 1.29 is 9.84 Å². The number of ether oxygens (including phenoxy) is 1. The molecule has 2 bridgehead atoms. The van der Waals surface area contributed by atoms with E-state index in [1.165, 1.54) is 5.56 Å². The van der Waals surface area contributed by atoms with Crippen LogP contribution in [0.1, 0.15) is 45.3 Å². The number of hydrogen-bond acceptors (Lipinski definition) is 2. The van der Waals surface area contributed by atoms with Crippen LogP contribution in [0.5, 0.6) is 0 Å². The molecule has 5 atom stereocenters. The Kier molecular flexibility index (Phi) is 3.72. The van der Waals surface area contributed by atoms with Gasteiger partial charge in [0.2, 0.25) is 0 Å². The van der Waals surface area contributed by atoms with Crippen molar-refractivity contribution in [2.75, 3.05) is 0 Å². The fraction of sp³-hybridized carbons (Fsp3) is 0.647. The first-order valence-corrected chi connectivity index (χ1v) is 8.29. The van der Waals surface area contributed by atoms with Gasteiger partial charge in [-0.15, -0.1) is 0 Å². The quantitative estimate of drug-likeness (QED) is 0.826. The highest BCUT2D eigenvalue weighted by molar-refractivity contribution is 9.10. The van der Waals surface area contributed by atoms with E-state index in [4.69, 9.17) is 4.74 Å².